The Morgan fingerprint density at radius 1 is 1.64 bits per heavy atom. The van der Waals surface area contributed by atoms with Crippen LogP contribution in [0.5, 0.6) is 0 Å². The van der Waals surface area contributed by atoms with Gasteiger partial charge in [-0.1, -0.05) is 22.6 Å². The van der Waals surface area contributed by atoms with E-state index in [4.69, 9.17) is 4.74 Å². The van der Waals surface area contributed by atoms with Crippen LogP contribution >= 0.6 is 22.6 Å². The molecule has 0 unspecified atom stereocenters. The number of carbonyl (C=O) groups is 1. The molecule has 0 spiro atoms. The van der Waals surface area contributed by atoms with E-state index < -0.39 is 0 Å². The van der Waals surface area contributed by atoms with E-state index in [0.717, 1.165) is 30.4 Å². The van der Waals surface area contributed by atoms with E-state index >= 15 is 0 Å². The number of hydrogen-bond donors (Lipinski definition) is 1. The van der Waals surface area contributed by atoms with Crippen molar-refractivity contribution < 1.29 is 9.53 Å². The molecule has 1 heterocycles. The number of amides is 1. The molecule has 1 fully saturated rings. The molecule has 4 nitrogen and oxygen atoms in total. The molecule has 1 amide bonds. The summed E-state index contributed by atoms with van der Waals surface area (Å²) < 4.78 is 6.22. The number of nitrogens with one attached hydrogen (secondary N) is 1. The molecular formula is C9H15IN2O2. The van der Waals surface area contributed by atoms with Crippen LogP contribution in [0.15, 0.2) is 12.3 Å². The maximum atomic E-state index is 11.4. The van der Waals surface area contributed by atoms with Crippen LogP contribution in [0.25, 0.3) is 0 Å². The number of nitrogens with zero attached hydrogens (tertiary/aromatic N) is 1. The molecule has 1 rings (SSSR count). The van der Waals surface area contributed by atoms with Gasteiger partial charge in [0.25, 0.3) is 5.91 Å². The monoisotopic (exact) mass is 310 g/mol. The molecule has 0 saturated carbocycles. The zero-order valence-corrected chi connectivity index (χ0v) is 10.2. The highest BCUT2D eigenvalue weighted by Gasteiger charge is 2.14. The summed E-state index contributed by atoms with van der Waals surface area (Å²) in [6, 6.07) is 0. The summed E-state index contributed by atoms with van der Waals surface area (Å²) >= 11 is 2.29. The number of halogens is 1. The first-order valence-electron chi connectivity index (χ1n) is 4.73. The lowest BCUT2D eigenvalue weighted by atomic mass is 10.4. The Balaban J connectivity index is 2.12. The van der Waals surface area contributed by atoms with Gasteiger partial charge in [-0.15, -0.1) is 0 Å². The second-order valence-corrected chi connectivity index (χ2v) is 4.05. The van der Waals surface area contributed by atoms with Crippen molar-refractivity contribution in [3.8, 4) is 0 Å². The van der Waals surface area contributed by atoms with E-state index in [-0.39, 0.29) is 5.91 Å². The van der Waals surface area contributed by atoms with Crippen molar-refractivity contribution >= 4 is 28.5 Å². The molecule has 0 aromatic carbocycles. The van der Waals surface area contributed by atoms with Crippen molar-refractivity contribution in [3.63, 3.8) is 0 Å². The minimum atomic E-state index is -0.0306. The Morgan fingerprint density at radius 2 is 2.50 bits per heavy atom. The topological polar surface area (TPSA) is 41.6 Å². The highest BCUT2D eigenvalue weighted by atomic mass is 127. The number of alkyl halides is 1. The largest absolute Gasteiger partial charge is 0.501 e. The molecule has 14 heavy (non-hydrogen) atoms. The molecule has 1 N–H and O–H groups in total. The standard InChI is InChI=1S/C9H15IN2O2/c10-4-1-7-14-8-3-9(13)12-6-2-5-11-12/h3,8,11H,1-2,4-7H2/b8-3+. The van der Waals surface area contributed by atoms with Gasteiger partial charge in [-0.2, -0.15) is 0 Å². The van der Waals surface area contributed by atoms with Crippen molar-refractivity contribution in [2.75, 3.05) is 24.1 Å². The number of carbonyl (C=O) groups excluding carboxylic acids is 1. The van der Waals surface area contributed by atoms with Gasteiger partial charge in [-0.3, -0.25) is 9.80 Å². The fraction of sp³-hybridized carbons (Fsp3) is 0.667. The quantitative estimate of drug-likeness (QED) is 0.272. The van der Waals surface area contributed by atoms with Gasteiger partial charge in [0.2, 0.25) is 0 Å². The summed E-state index contributed by atoms with van der Waals surface area (Å²) in [6.45, 7) is 2.35. The van der Waals surface area contributed by atoms with Gasteiger partial charge in [0.15, 0.2) is 0 Å². The van der Waals surface area contributed by atoms with Crippen molar-refractivity contribution in [1.29, 1.82) is 0 Å². The van der Waals surface area contributed by atoms with E-state index in [1.54, 1.807) is 5.01 Å². The van der Waals surface area contributed by atoms with Crippen molar-refractivity contribution in [3.05, 3.63) is 12.3 Å². The predicted octanol–water partition coefficient (Wildman–Crippen LogP) is 1.08. The zero-order chi connectivity index (χ0) is 10.2. The molecule has 0 aromatic rings. The second kappa shape index (κ2) is 7.05. The van der Waals surface area contributed by atoms with Crippen molar-refractivity contribution in [1.82, 2.24) is 10.4 Å². The van der Waals surface area contributed by atoms with Crippen LogP contribution in [-0.2, 0) is 9.53 Å². The van der Waals surface area contributed by atoms with Crippen LogP contribution < -0.4 is 5.43 Å². The lowest BCUT2D eigenvalue weighted by Gasteiger charge is -2.12. The van der Waals surface area contributed by atoms with Crippen LogP contribution in [0, 0.1) is 0 Å². The molecule has 0 aliphatic carbocycles. The van der Waals surface area contributed by atoms with E-state index in [9.17, 15) is 4.79 Å². The normalized spacial score (nSPS) is 16.5. The second-order valence-electron chi connectivity index (χ2n) is 2.97. The predicted molar refractivity (Wildman–Crippen MR) is 62.9 cm³/mol. The molecular weight excluding hydrogens is 295 g/mol. The molecule has 0 aromatic heterocycles. The summed E-state index contributed by atoms with van der Waals surface area (Å²) in [7, 11) is 0. The Labute approximate surface area is 97.8 Å². The third-order valence-corrected chi connectivity index (χ3v) is 2.59. The zero-order valence-electron chi connectivity index (χ0n) is 8.04. The highest BCUT2D eigenvalue weighted by Crippen LogP contribution is 1.97. The first-order chi connectivity index (χ1) is 6.84. The summed E-state index contributed by atoms with van der Waals surface area (Å²) in [5, 5.41) is 1.61. The SMILES string of the molecule is O=C(/C=C/OCCCI)N1CCCN1. The van der Waals surface area contributed by atoms with Gasteiger partial charge in [0.1, 0.15) is 0 Å². The highest BCUT2D eigenvalue weighted by molar-refractivity contribution is 14.1. The van der Waals surface area contributed by atoms with Gasteiger partial charge < -0.3 is 4.74 Å². The van der Waals surface area contributed by atoms with Crippen LogP contribution in [0.1, 0.15) is 12.8 Å². The van der Waals surface area contributed by atoms with Crippen molar-refractivity contribution in [2.45, 2.75) is 12.8 Å². The number of hydrogen-bond acceptors (Lipinski definition) is 3. The molecule has 0 bridgehead atoms. The van der Waals surface area contributed by atoms with Crippen LogP contribution in [0.2, 0.25) is 0 Å². The Morgan fingerprint density at radius 3 is 3.14 bits per heavy atom. The lowest BCUT2D eigenvalue weighted by molar-refractivity contribution is -0.127. The third kappa shape index (κ3) is 4.28. The Kier molecular flexibility index (Phi) is 5.93. The fourth-order valence-corrected chi connectivity index (χ4v) is 1.43. The maximum Gasteiger partial charge on any atom is 0.263 e. The van der Waals surface area contributed by atoms with Gasteiger partial charge >= 0.3 is 0 Å². The number of hydrazine groups is 1. The molecule has 5 heteroatoms. The van der Waals surface area contributed by atoms with Gasteiger partial charge in [-0.05, 0) is 12.8 Å². The van der Waals surface area contributed by atoms with E-state index in [2.05, 4.69) is 28.0 Å². The van der Waals surface area contributed by atoms with Crippen molar-refractivity contribution in [2.24, 2.45) is 0 Å². The van der Waals surface area contributed by atoms with Gasteiger partial charge in [0, 0.05) is 23.6 Å². The van der Waals surface area contributed by atoms with Crippen LogP contribution in [0.3, 0.4) is 0 Å². The summed E-state index contributed by atoms with van der Waals surface area (Å²) in [4.78, 5) is 11.4. The average molecular weight is 310 g/mol. The van der Waals surface area contributed by atoms with E-state index in [1.165, 1.54) is 12.3 Å². The summed E-state index contributed by atoms with van der Waals surface area (Å²) in [5.74, 6) is -0.0306. The summed E-state index contributed by atoms with van der Waals surface area (Å²) in [5.41, 5.74) is 2.98. The maximum absolute atomic E-state index is 11.4. The number of rotatable bonds is 5. The first kappa shape index (κ1) is 11.8. The molecule has 80 valence electrons. The Bertz CT molecular complexity index is 203. The van der Waals surface area contributed by atoms with Crippen LogP contribution in [0.4, 0.5) is 0 Å². The molecule has 0 atom stereocenters. The molecule has 1 aliphatic heterocycles. The van der Waals surface area contributed by atoms with E-state index in [1.807, 2.05) is 0 Å². The number of ether oxygens (including phenoxy) is 1. The molecule has 1 saturated heterocycles. The van der Waals surface area contributed by atoms with E-state index in [0.29, 0.717) is 6.61 Å². The smallest absolute Gasteiger partial charge is 0.263 e. The minimum Gasteiger partial charge on any atom is -0.501 e. The molecule has 1 aliphatic rings. The van der Waals surface area contributed by atoms with Crippen LogP contribution in [-0.4, -0.2) is 35.0 Å². The summed E-state index contributed by atoms with van der Waals surface area (Å²) in [6.07, 6.45) is 4.98. The van der Waals surface area contributed by atoms with Gasteiger partial charge in [0.05, 0.1) is 12.9 Å². The minimum absolute atomic E-state index is 0.0306. The lowest BCUT2D eigenvalue weighted by Crippen LogP contribution is -2.35. The average Bonchev–Trinajstić information content (AvgIpc) is 2.70. The Hall–Kier alpha value is -0.300. The first-order valence-corrected chi connectivity index (χ1v) is 6.26. The molecule has 0 radical (unpaired) electrons. The van der Waals surface area contributed by atoms with Gasteiger partial charge in [-0.25, -0.2) is 5.43 Å². The fourth-order valence-electron chi connectivity index (χ4n) is 1.12. The third-order valence-electron chi connectivity index (χ3n) is 1.83.